The van der Waals surface area contributed by atoms with Crippen LogP contribution in [0.1, 0.15) is 76.7 Å². The Morgan fingerprint density at radius 2 is 1.29 bits per heavy atom. The molecule has 0 unspecified atom stereocenters. The predicted molar refractivity (Wildman–Crippen MR) is 142 cm³/mol. The highest BCUT2D eigenvalue weighted by Crippen LogP contribution is 2.18. The van der Waals surface area contributed by atoms with E-state index in [0.29, 0.717) is 6.42 Å². The molecule has 0 atom stereocenters. The molecule has 35 heavy (non-hydrogen) atoms. The highest BCUT2D eigenvalue weighted by molar-refractivity contribution is 7.86. The number of unbranched alkanes of at least 4 members (excludes halogenated alkanes) is 9. The Kier molecular flexibility index (Phi) is 15.5. The minimum absolute atomic E-state index is 0.00275. The summed E-state index contributed by atoms with van der Waals surface area (Å²) in [6.45, 7) is 5.60. The topological polar surface area (TPSA) is 97.7 Å². The first-order valence-electron chi connectivity index (χ1n) is 12.3. The zero-order valence-corrected chi connectivity index (χ0v) is 22.4. The zero-order valence-electron chi connectivity index (χ0n) is 20.8. The van der Waals surface area contributed by atoms with Gasteiger partial charge >= 0.3 is 0 Å². The van der Waals surface area contributed by atoms with Crippen molar-refractivity contribution in [3.63, 3.8) is 0 Å². The molecule has 0 bridgehead atoms. The van der Waals surface area contributed by atoms with Crippen LogP contribution in [0.5, 0.6) is 0 Å². The van der Waals surface area contributed by atoms with Crippen molar-refractivity contribution in [3.05, 3.63) is 72.8 Å². The fraction of sp³-hybridized carbons (Fsp3) is 0.481. The van der Waals surface area contributed by atoms with Crippen LogP contribution < -0.4 is 0 Å². The van der Waals surface area contributed by atoms with E-state index in [-0.39, 0.29) is 16.4 Å². The van der Waals surface area contributed by atoms with Crippen molar-refractivity contribution in [2.45, 2.75) is 87.3 Å². The molecule has 6 nitrogen and oxygen atoms in total. The first-order valence-corrected chi connectivity index (χ1v) is 15.2. The maximum Gasteiger partial charge on any atom is 0.297 e. The molecule has 8 heteroatoms. The summed E-state index contributed by atoms with van der Waals surface area (Å²) in [7, 11) is -7.69. The summed E-state index contributed by atoms with van der Waals surface area (Å²) >= 11 is 0. The number of hydrogen-bond donors (Lipinski definition) is 1. The molecule has 0 spiro atoms. The molecule has 2 rings (SSSR count). The summed E-state index contributed by atoms with van der Waals surface area (Å²) in [6, 6.07) is 14.7. The molecule has 0 saturated carbocycles. The quantitative estimate of drug-likeness (QED) is 0.110. The van der Waals surface area contributed by atoms with Crippen LogP contribution in [0, 0.1) is 0 Å². The Labute approximate surface area is 212 Å². The van der Waals surface area contributed by atoms with E-state index < -0.39 is 20.2 Å². The molecule has 0 radical (unpaired) electrons. The van der Waals surface area contributed by atoms with Crippen molar-refractivity contribution in [3.8, 4) is 0 Å². The predicted octanol–water partition coefficient (Wildman–Crippen LogP) is 6.97. The first kappa shape index (κ1) is 31.0. The average Bonchev–Trinajstić information content (AvgIpc) is 2.84. The summed E-state index contributed by atoms with van der Waals surface area (Å²) in [4.78, 5) is 0.225. The van der Waals surface area contributed by atoms with E-state index in [4.69, 9.17) is 0 Å². The summed E-state index contributed by atoms with van der Waals surface area (Å²) in [5, 5.41) is 0. The van der Waals surface area contributed by atoms with E-state index in [9.17, 15) is 21.4 Å². The Balaban J connectivity index is 0.000000400. The lowest BCUT2D eigenvalue weighted by atomic mass is 10.0. The summed E-state index contributed by atoms with van der Waals surface area (Å²) in [6.07, 6.45) is 14.7. The smallest absolute Gasteiger partial charge is 0.282 e. The van der Waals surface area contributed by atoms with Gasteiger partial charge < -0.3 is 0 Å². The highest BCUT2D eigenvalue weighted by Gasteiger charge is 2.14. The van der Waals surface area contributed by atoms with Crippen molar-refractivity contribution >= 4 is 20.2 Å². The van der Waals surface area contributed by atoms with Gasteiger partial charge in [-0.3, -0.25) is 8.74 Å². The molecule has 0 aliphatic rings. The third-order valence-electron chi connectivity index (χ3n) is 5.42. The lowest BCUT2D eigenvalue weighted by Gasteiger charge is -2.07. The van der Waals surface area contributed by atoms with Crippen LogP contribution in [0.25, 0.3) is 0 Å². The largest absolute Gasteiger partial charge is 0.297 e. The van der Waals surface area contributed by atoms with E-state index >= 15 is 0 Å². The van der Waals surface area contributed by atoms with Gasteiger partial charge in [0.1, 0.15) is 0 Å². The number of rotatable bonds is 16. The minimum atomic E-state index is -4.10. The van der Waals surface area contributed by atoms with E-state index in [1.165, 1.54) is 75.6 Å². The fourth-order valence-corrected chi connectivity index (χ4v) is 5.21. The monoisotopic (exact) mass is 524 g/mol. The van der Waals surface area contributed by atoms with Gasteiger partial charge in [-0.15, -0.1) is 6.58 Å². The molecule has 0 amide bonds. The van der Waals surface area contributed by atoms with Gasteiger partial charge in [0.15, 0.2) is 0 Å². The van der Waals surface area contributed by atoms with Gasteiger partial charge in [-0.1, -0.05) is 107 Å². The summed E-state index contributed by atoms with van der Waals surface area (Å²) in [5.41, 5.74) is 0.726. The van der Waals surface area contributed by atoms with Crippen LogP contribution in [0.3, 0.4) is 0 Å². The van der Waals surface area contributed by atoms with Crippen molar-refractivity contribution in [2.24, 2.45) is 0 Å². The molecule has 0 heterocycles. The van der Waals surface area contributed by atoms with Gasteiger partial charge in [0.05, 0.1) is 16.4 Å². The Bertz CT molecular complexity index is 1050. The number of hydrogen-bond acceptors (Lipinski definition) is 5. The SMILES string of the molecule is C=CCOS(=O)(=O)c1ccccc1.CCCCCCCCCCCCc1ccccc1S(=O)(=O)O. The third-order valence-corrected chi connectivity index (χ3v) is 7.67. The van der Waals surface area contributed by atoms with Crippen LogP contribution >= 0.6 is 0 Å². The molecule has 1 N–H and O–H groups in total. The highest BCUT2D eigenvalue weighted by atomic mass is 32.2. The van der Waals surface area contributed by atoms with Crippen molar-refractivity contribution < 1.29 is 25.6 Å². The molecular formula is C27H40O6S2. The van der Waals surface area contributed by atoms with Gasteiger partial charge in [0.2, 0.25) is 0 Å². The van der Waals surface area contributed by atoms with Crippen molar-refractivity contribution in [1.29, 1.82) is 0 Å². The van der Waals surface area contributed by atoms with Crippen LogP contribution in [-0.2, 0) is 30.8 Å². The van der Waals surface area contributed by atoms with Gasteiger partial charge in [0, 0.05) is 0 Å². The van der Waals surface area contributed by atoms with Gasteiger partial charge in [-0.2, -0.15) is 16.8 Å². The van der Waals surface area contributed by atoms with Crippen LogP contribution in [-0.4, -0.2) is 28.0 Å². The molecule has 2 aromatic rings. The van der Waals surface area contributed by atoms with Crippen LogP contribution in [0.4, 0.5) is 0 Å². The van der Waals surface area contributed by atoms with E-state index in [2.05, 4.69) is 17.7 Å². The normalized spacial score (nSPS) is 11.5. The van der Waals surface area contributed by atoms with Gasteiger partial charge in [-0.25, -0.2) is 0 Å². The molecule has 0 aliphatic carbocycles. The molecule has 0 aromatic heterocycles. The maximum atomic E-state index is 11.3. The molecule has 0 fully saturated rings. The minimum Gasteiger partial charge on any atom is -0.282 e. The molecule has 0 saturated heterocycles. The lowest BCUT2D eigenvalue weighted by molar-refractivity contribution is 0.357. The zero-order chi connectivity index (χ0) is 26.0. The first-order chi connectivity index (χ1) is 16.7. The Hall–Kier alpha value is -2.00. The number of aryl methyl sites for hydroxylation is 1. The standard InChI is InChI=1S/C18H30O3S.C9H10O3S/c1-2-3-4-5-6-7-8-9-10-11-14-17-15-12-13-16-18(17)22(19,20)21;1-2-8-12-13(10,11)9-6-4-3-5-7-9/h12-13,15-16H,2-11,14H2,1H3,(H,19,20,21);2-7H,1,8H2. The number of benzene rings is 2. The lowest BCUT2D eigenvalue weighted by Crippen LogP contribution is -2.05. The fourth-order valence-electron chi connectivity index (χ4n) is 3.56. The van der Waals surface area contributed by atoms with Crippen molar-refractivity contribution in [2.75, 3.05) is 6.61 Å². The maximum absolute atomic E-state index is 11.3. The van der Waals surface area contributed by atoms with Crippen molar-refractivity contribution in [1.82, 2.24) is 0 Å². The second kappa shape index (κ2) is 17.4. The van der Waals surface area contributed by atoms with Gasteiger partial charge in [-0.05, 0) is 36.6 Å². The van der Waals surface area contributed by atoms with Crippen LogP contribution in [0.2, 0.25) is 0 Å². The second-order valence-electron chi connectivity index (χ2n) is 8.36. The summed E-state index contributed by atoms with van der Waals surface area (Å²) in [5.74, 6) is 0. The van der Waals surface area contributed by atoms with E-state index in [1.54, 1.807) is 30.3 Å². The molecular weight excluding hydrogens is 484 g/mol. The Morgan fingerprint density at radius 1 is 0.771 bits per heavy atom. The van der Waals surface area contributed by atoms with Gasteiger partial charge in [0.25, 0.3) is 20.2 Å². The average molecular weight is 525 g/mol. The van der Waals surface area contributed by atoms with E-state index in [1.807, 2.05) is 6.07 Å². The molecule has 2 aromatic carbocycles. The van der Waals surface area contributed by atoms with Crippen LogP contribution in [0.15, 0.2) is 77.0 Å². The molecule has 196 valence electrons. The van der Waals surface area contributed by atoms with E-state index in [0.717, 1.165) is 18.4 Å². The second-order valence-corrected chi connectivity index (χ2v) is 11.4. The third kappa shape index (κ3) is 13.6. The Morgan fingerprint density at radius 3 is 1.83 bits per heavy atom. The molecule has 0 aliphatic heterocycles. The summed E-state index contributed by atoms with van der Waals surface area (Å²) < 4.78 is 59.0.